The minimum Gasteiger partial charge on any atom is -0.380 e. The smallest absolute Gasteiger partial charge is 0.193 e. The van der Waals surface area contributed by atoms with Gasteiger partial charge in [0.05, 0.1) is 13.2 Å². The molecule has 0 amide bonds. The standard InChI is InChI=1S/C18H31N5O/c1-4-22-9-11-23(12-10-22)15(2)13-20-18(19)21-17-8-6-5-7-16(17)14-24-3/h5-8,15H,4,9-14H2,1-3H3,(H3,19,20,21). The molecule has 0 saturated carbocycles. The average Bonchev–Trinajstić information content (AvgIpc) is 2.61. The minimum atomic E-state index is 0.401. The molecule has 2 rings (SSSR count). The molecule has 1 unspecified atom stereocenters. The van der Waals surface area contributed by atoms with E-state index in [1.54, 1.807) is 7.11 Å². The summed E-state index contributed by atoms with van der Waals surface area (Å²) in [6, 6.07) is 8.38. The van der Waals surface area contributed by atoms with Gasteiger partial charge in [-0.1, -0.05) is 25.1 Å². The van der Waals surface area contributed by atoms with Crippen molar-refractivity contribution >= 4 is 11.6 Å². The normalized spacial score (nSPS) is 18.5. The summed E-state index contributed by atoms with van der Waals surface area (Å²) in [5, 5.41) is 3.19. The van der Waals surface area contributed by atoms with Gasteiger partial charge >= 0.3 is 0 Å². The van der Waals surface area contributed by atoms with Gasteiger partial charge in [0, 0.05) is 50.6 Å². The van der Waals surface area contributed by atoms with Crippen molar-refractivity contribution < 1.29 is 4.74 Å². The summed E-state index contributed by atoms with van der Waals surface area (Å²) >= 11 is 0. The molecule has 134 valence electrons. The highest BCUT2D eigenvalue weighted by atomic mass is 16.5. The van der Waals surface area contributed by atoms with Gasteiger partial charge in [-0.15, -0.1) is 0 Å². The summed E-state index contributed by atoms with van der Waals surface area (Å²) in [7, 11) is 1.69. The van der Waals surface area contributed by atoms with Crippen molar-refractivity contribution in [3.8, 4) is 0 Å². The van der Waals surface area contributed by atoms with Crippen molar-refractivity contribution in [1.82, 2.24) is 9.80 Å². The topological polar surface area (TPSA) is 66.1 Å². The minimum absolute atomic E-state index is 0.401. The fourth-order valence-corrected chi connectivity index (χ4v) is 2.97. The van der Waals surface area contributed by atoms with Gasteiger partial charge in [0.1, 0.15) is 0 Å². The first-order chi connectivity index (χ1) is 11.6. The number of likely N-dealkylation sites (N-methyl/N-ethyl adjacent to an activating group) is 1. The number of benzene rings is 1. The van der Waals surface area contributed by atoms with Gasteiger partial charge in [-0.25, -0.2) is 0 Å². The highest BCUT2D eigenvalue weighted by Gasteiger charge is 2.19. The number of piperazine rings is 1. The lowest BCUT2D eigenvalue weighted by Gasteiger charge is -2.37. The molecule has 0 aromatic heterocycles. The van der Waals surface area contributed by atoms with Crippen LogP contribution >= 0.6 is 0 Å². The monoisotopic (exact) mass is 333 g/mol. The van der Waals surface area contributed by atoms with Crippen LogP contribution in [0, 0.1) is 0 Å². The van der Waals surface area contributed by atoms with Gasteiger partial charge in [0.15, 0.2) is 5.96 Å². The zero-order valence-electron chi connectivity index (χ0n) is 15.2. The van der Waals surface area contributed by atoms with Crippen LogP contribution in [0.2, 0.25) is 0 Å². The average molecular weight is 333 g/mol. The Morgan fingerprint density at radius 1 is 1.29 bits per heavy atom. The lowest BCUT2D eigenvalue weighted by atomic mass is 10.2. The number of nitrogens with one attached hydrogen (secondary N) is 1. The third-order valence-corrected chi connectivity index (χ3v) is 4.58. The number of ether oxygens (including phenoxy) is 1. The van der Waals surface area contributed by atoms with E-state index in [0.717, 1.165) is 44.0 Å². The summed E-state index contributed by atoms with van der Waals surface area (Å²) in [6.45, 7) is 11.3. The number of anilines is 1. The van der Waals surface area contributed by atoms with Crippen molar-refractivity contribution in [1.29, 1.82) is 0 Å². The first-order valence-corrected chi connectivity index (χ1v) is 8.74. The van der Waals surface area contributed by atoms with Crippen LogP contribution in [-0.2, 0) is 11.3 Å². The first kappa shape index (κ1) is 18.7. The van der Waals surface area contributed by atoms with Gasteiger partial charge in [-0.3, -0.25) is 9.89 Å². The summed E-state index contributed by atoms with van der Waals surface area (Å²) in [5.74, 6) is 0.456. The number of guanidine groups is 1. The zero-order chi connectivity index (χ0) is 17.4. The highest BCUT2D eigenvalue weighted by molar-refractivity contribution is 5.92. The van der Waals surface area contributed by atoms with E-state index in [-0.39, 0.29) is 0 Å². The maximum absolute atomic E-state index is 6.06. The number of aliphatic imine (C=N–C) groups is 1. The third-order valence-electron chi connectivity index (χ3n) is 4.58. The van der Waals surface area contributed by atoms with E-state index in [0.29, 0.717) is 25.2 Å². The van der Waals surface area contributed by atoms with Gasteiger partial charge < -0.3 is 20.7 Å². The van der Waals surface area contributed by atoms with E-state index in [1.165, 1.54) is 0 Å². The van der Waals surface area contributed by atoms with E-state index in [4.69, 9.17) is 10.5 Å². The molecule has 1 aliphatic rings. The molecule has 6 heteroatoms. The summed E-state index contributed by atoms with van der Waals surface area (Å²) in [6.07, 6.45) is 0. The van der Waals surface area contributed by atoms with E-state index in [1.807, 2.05) is 24.3 Å². The van der Waals surface area contributed by atoms with Crippen molar-refractivity contribution in [2.24, 2.45) is 10.7 Å². The summed E-state index contributed by atoms with van der Waals surface area (Å²) in [5.41, 5.74) is 8.08. The van der Waals surface area contributed by atoms with E-state index >= 15 is 0 Å². The number of hydrogen-bond donors (Lipinski definition) is 2. The van der Waals surface area contributed by atoms with Crippen LogP contribution in [0.15, 0.2) is 29.3 Å². The lowest BCUT2D eigenvalue weighted by Crippen LogP contribution is -2.50. The molecule has 0 aliphatic carbocycles. The van der Waals surface area contributed by atoms with Crippen LogP contribution in [0.3, 0.4) is 0 Å². The predicted octanol–water partition coefficient (Wildman–Crippen LogP) is 1.59. The Labute approximate surface area is 145 Å². The second-order valence-electron chi connectivity index (χ2n) is 6.26. The largest absolute Gasteiger partial charge is 0.380 e. The maximum atomic E-state index is 6.06. The molecule has 3 N–H and O–H groups in total. The molecule has 0 spiro atoms. The van der Waals surface area contributed by atoms with Crippen molar-refractivity contribution in [2.45, 2.75) is 26.5 Å². The fourth-order valence-electron chi connectivity index (χ4n) is 2.97. The first-order valence-electron chi connectivity index (χ1n) is 8.74. The van der Waals surface area contributed by atoms with E-state index in [2.05, 4.69) is 34.0 Å². The molecule has 1 aromatic carbocycles. The Morgan fingerprint density at radius 3 is 2.67 bits per heavy atom. The van der Waals surface area contributed by atoms with Gasteiger partial charge in [-0.05, 0) is 19.5 Å². The Balaban J connectivity index is 1.85. The number of nitrogens with two attached hydrogens (primary N) is 1. The Kier molecular flexibility index (Phi) is 7.49. The Bertz CT molecular complexity index is 526. The van der Waals surface area contributed by atoms with E-state index < -0.39 is 0 Å². The molecule has 1 aliphatic heterocycles. The number of nitrogens with zero attached hydrogens (tertiary/aromatic N) is 3. The molecule has 1 saturated heterocycles. The van der Waals surface area contributed by atoms with Gasteiger partial charge in [0.25, 0.3) is 0 Å². The van der Waals surface area contributed by atoms with Crippen LogP contribution in [0.1, 0.15) is 19.4 Å². The predicted molar refractivity (Wildman–Crippen MR) is 100 cm³/mol. The molecule has 0 bridgehead atoms. The van der Waals surface area contributed by atoms with Crippen LogP contribution in [-0.4, -0.2) is 68.2 Å². The van der Waals surface area contributed by atoms with Crippen molar-refractivity contribution in [3.63, 3.8) is 0 Å². The molecule has 1 atom stereocenters. The number of methoxy groups -OCH3 is 1. The summed E-state index contributed by atoms with van der Waals surface area (Å²) in [4.78, 5) is 9.49. The van der Waals surface area contributed by atoms with Crippen LogP contribution < -0.4 is 11.1 Å². The Hall–Kier alpha value is -1.63. The molecule has 6 nitrogen and oxygen atoms in total. The second kappa shape index (κ2) is 9.61. The second-order valence-corrected chi connectivity index (χ2v) is 6.26. The fraction of sp³-hybridized carbons (Fsp3) is 0.611. The molecule has 0 radical (unpaired) electrons. The molecule has 1 heterocycles. The lowest BCUT2D eigenvalue weighted by molar-refractivity contribution is 0.109. The number of rotatable bonds is 7. The summed E-state index contributed by atoms with van der Waals surface area (Å²) < 4.78 is 5.21. The molecule has 24 heavy (non-hydrogen) atoms. The van der Waals surface area contributed by atoms with Gasteiger partial charge in [0.2, 0.25) is 0 Å². The van der Waals surface area contributed by atoms with Crippen LogP contribution in [0.4, 0.5) is 5.69 Å². The van der Waals surface area contributed by atoms with Crippen molar-refractivity contribution in [2.75, 3.05) is 51.7 Å². The molecular weight excluding hydrogens is 302 g/mol. The maximum Gasteiger partial charge on any atom is 0.193 e. The van der Waals surface area contributed by atoms with E-state index in [9.17, 15) is 0 Å². The van der Waals surface area contributed by atoms with Gasteiger partial charge in [-0.2, -0.15) is 0 Å². The SMILES string of the molecule is CCN1CCN(C(C)CN=C(N)Nc2ccccc2COC)CC1. The van der Waals surface area contributed by atoms with Crippen molar-refractivity contribution in [3.05, 3.63) is 29.8 Å². The molecule has 1 fully saturated rings. The number of hydrogen-bond acceptors (Lipinski definition) is 4. The zero-order valence-corrected chi connectivity index (χ0v) is 15.2. The third kappa shape index (κ3) is 5.47. The number of para-hydroxylation sites is 1. The molecule has 1 aromatic rings. The van der Waals surface area contributed by atoms with Crippen LogP contribution in [0.5, 0.6) is 0 Å². The Morgan fingerprint density at radius 2 is 2.00 bits per heavy atom. The quantitative estimate of drug-likeness (QED) is 0.586. The highest BCUT2D eigenvalue weighted by Crippen LogP contribution is 2.15. The molecular formula is C18H31N5O. The van der Waals surface area contributed by atoms with Crippen LogP contribution in [0.25, 0.3) is 0 Å².